The van der Waals surface area contributed by atoms with E-state index in [1.807, 2.05) is 0 Å². The van der Waals surface area contributed by atoms with Gasteiger partial charge in [-0.25, -0.2) is 0 Å². The fourth-order valence-corrected chi connectivity index (χ4v) is 3.25. The number of quaternary nitrogens is 1. The summed E-state index contributed by atoms with van der Waals surface area (Å²) < 4.78 is -2.16. The zero-order valence-corrected chi connectivity index (χ0v) is 19.5. The molecule has 14 heteroatoms. The molecule has 0 aliphatic carbocycles. The number of anilines is 1. The van der Waals surface area contributed by atoms with Gasteiger partial charge in [-0.05, 0) is 0 Å². The van der Waals surface area contributed by atoms with Gasteiger partial charge < -0.3 is 5.73 Å². The van der Waals surface area contributed by atoms with Crippen LogP contribution in [-0.2, 0) is 3.79 Å². The van der Waals surface area contributed by atoms with Crippen molar-refractivity contribution in [1.29, 1.82) is 0 Å². The van der Waals surface area contributed by atoms with Crippen molar-refractivity contribution in [2.75, 3.05) is 19.8 Å². The molecule has 0 fully saturated rings. The van der Waals surface area contributed by atoms with E-state index in [0.29, 0.717) is 0 Å². The molecule has 2 N–H and O–H groups in total. The van der Waals surface area contributed by atoms with Crippen molar-refractivity contribution in [3.63, 3.8) is 0 Å². The second-order valence-electron chi connectivity index (χ2n) is 5.44. The molecule has 0 saturated heterocycles. The molecule has 0 spiro atoms. The quantitative estimate of drug-likeness (QED) is 0.128. The second kappa shape index (κ2) is 8.38. The van der Waals surface area contributed by atoms with Crippen LogP contribution >= 0.6 is 92.8 Å². The minimum atomic E-state index is -1.89. The van der Waals surface area contributed by atoms with Gasteiger partial charge in [0.1, 0.15) is 14.1 Å². The lowest BCUT2D eigenvalue weighted by Crippen LogP contribution is -2.37. The largest absolute Gasteiger partial charge is 0.368 e. The number of hydrogen-bond donors (Lipinski definition) is 1. The highest BCUT2D eigenvalue weighted by Crippen LogP contribution is 2.43. The van der Waals surface area contributed by atoms with E-state index in [1.54, 1.807) is 14.1 Å². The zero-order valence-electron chi connectivity index (χ0n) is 13.4. The minimum Gasteiger partial charge on any atom is -0.368 e. The van der Waals surface area contributed by atoms with Crippen LogP contribution < -0.4 is 10.3 Å². The molecule has 0 aliphatic rings. The Balaban J connectivity index is 2.53. The summed E-state index contributed by atoms with van der Waals surface area (Å²) in [5.41, 5.74) is 5.93. The first-order chi connectivity index (χ1) is 12.3. The van der Waals surface area contributed by atoms with Crippen molar-refractivity contribution >= 4 is 111 Å². The molecule has 1 aromatic heterocycles. The molecule has 0 atom stereocenters. The van der Waals surface area contributed by atoms with Crippen LogP contribution in [0.3, 0.4) is 0 Å². The van der Waals surface area contributed by atoms with Crippen LogP contribution in [-0.4, -0.2) is 35.3 Å². The summed E-state index contributed by atoms with van der Waals surface area (Å²) in [5, 5.41) is 4.63. The van der Waals surface area contributed by atoms with Crippen LogP contribution in [0.2, 0.25) is 25.1 Å². The Morgan fingerprint density at radius 1 is 0.852 bits per heavy atom. The molecule has 27 heavy (non-hydrogen) atoms. The molecule has 0 radical (unpaired) electrons. The summed E-state index contributed by atoms with van der Waals surface area (Å²) in [6, 6.07) is 0. The van der Waals surface area contributed by atoms with Crippen LogP contribution in [0.5, 0.6) is 0 Å². The highest BCUT2D eigenvalue weighted by molar-refractivity contribution is 6.66. The lowest BCUT2D eigenvalue weighted by molar-refractivity contribution is 0.401. The van der Waals surface area contributed by atoms with Gasteiger partial charge in [-0.1, -0.05) is 97.9 Å². The standard InChI is InChI=1S/C13H9Cl8N6/c1-27(2,12-25-10(13(19,20)21)24-11(22)26-12)23-3-4-5(14)7(16)9(18)8(17)6(4)15/h3H,1-2H3,(H2,22,24,25,26)/q+1. The number of halogens is 8. The first-order valence-corrected chi connectivity index (χ1v) is 9.78. The van der Waals surface area contributed by atoms with E-state index in [4.69, 9.17) is 98.5 Å². The first kappa shape index (κ1) is 23.3. The summed E-state index contributed by atoms with van der Waals surface area (Å²) >= 11 is 47.9. The molecular formula is C13H9Cl8N6+. The maximum atomic E-state index is 6.19. The minimum absolute atomic E-state index is 0.0387. The van der Waals surface area contributed by atoms with E-state index in [2.05, 4.69) is 20.1 Å². The molecule has 2 aromatic rings. The van der Waals surface area contributed by atoms with Gasteiger partial charge in [0.15, 0.2) is 5.82 Å². The van der Waals surface area contributed by atoms with Gasteiger partial charge in [-0.2, -0.15) is 9.97 Å². The number of aromatic nitrogens is 3. The topological polar surface area (TPSA) is 77.0 Å². The molecule has 0 unspecified atom stereocenters. The third-order valence-electron chi connectivity index (χ3n) is 3.10. The molecule has 146 valence electrons. The molecule has 2 rings (SSSR count). The maximum Gasteiger partial charge on any atom is 0.360 e. The van der Waals surface area contributed by atoms with E-state index < -0.39 is 3.79 Å². The number of nitrogens with zero attached hydrogens (tertiary/aromatic N) is 5. The van der Waals surface area contributed by atoms with Crippen molar-refractivity contribution in [2.45, 2.75) is 3.79 Å². The van der Waals surface area contributed by atoms with E-state index in [9.17, 15) is 0 Å². The summed E-state index contributed by atoms with van der Waals surface area (Å²) in [4.78, 5) is 11.9. The van der Waals surface area contributed by atoms with E-state index in [1.165, 1.54) is 6.21 Å². The van der Waals surface area contributed by atoms with Crippen LogP contribution in [0.1, 0.15) is 11.4 Å². The monoisotopic (exact) mass is 529 g/mol. The SMILES string of the molecule is C[N+](C)(N=Cc1c(Cl)c(Cl)c(Cl)c(Cl)c1Cl)c1nc(N)nc(C(Cl)(Cl)Cl)n1. The molecule has 6 nitrogen and oxygen atoms in total. The Bertz CT molecular complexity index is 895. The number of alkyl halides is 3. The van der Waals surface area contributed by atoms with E-state index >= 15 is 0 Å². The molecule has 0 aliphatic heterocycles. The first-order valence-electron chi connectivity index (χ1n) is 6.76. The predicted molar refractivity (Wildman–Crippen MR) is 116 cm³/mol. The Hall–Kier alpha value is -0.0200. The normalized spacial score (nSPS) is 12.8. The lowest BCUT2D eigenvalue weighted by atomic mass is 10.2. The van der Waals surface area contributed by atoms with Crippen LogP contribution in [0.4, 0.5) is 11.9 Å². The van der Waals surface area contributed by atoms with E-state index in [-0.39, 0.29) is 53.0 Å². The van der Waals surface area contributed by atoms with Gasteiger partial charge in [0, 0.05) is 5.56 Å². The average molecular weight is 533 g/mol. The smallest absolute Gasteiger partial charge is 0.360 e. The second-order valence-corrected chi connectivity index (χ2v) is 9.61. The highest BCUT2D eigenvalue weighted by atomic mass is 35.6. The van der Waals surface area contributed by atoms with Crippen molar-refractivity contribution in [3.8, 4) is 0 Å². The molecule has 0 bridgehead atoms. The van der Waals surface area contributed by atoms with Gasteiger partial charge in [0.2, 0.25) is 9.74 Å². The van der Waals surface area contributed by atoms with Gasteiger partial charge in [0.25, 0.3) is 0 Å². The van der Waals surface area contributed by atoms with Gasteiger partial charge >= 0.3 is 5.95 Å². The number of benzene rings is 1. The Morgan fingerprint density at radius 3 is 1.81 bits per heavy atom. The Kier molecular flexibility index (Phi) is 7.22. The molecule has 0 amide bonds. The van der Waals surface area contributed by atoms with Gasteiger partial charge in [-0.3, -0.25) is 0 Å². The number of nitrogen functional groups attached to an aromatic ring is 1. The predicted octanol–water partition coefficient (Wildman–Crippen LogP) is 6.15. The fourth-order valence-electron chi connectivity index (χ4n) is 1.74. The summed E-state index contributed by atoms with van der Waals surface area (Å²) in [7, 11) is 3.27. The summed E-state index contributed by atoms with van der Waals surface area (Å²) in [6.45, 7) is 0. The highest BCUT2D eigenvalue weighted by Gasteiger charge is 2.32. The third-order valence-corrected chi connectivity index (χ3v) is 5.92. The number of nitrogens with two attached hydrogens (primary N) is 1. The molecular weight excluding hydrogens is 524 g/mol. The van der Waals surface area contributed by atoms with Crippen molar-refractivity contribution in [3.05, 3.63) is 36.5 Å². The Labute approximate surface area is 194 Å². The molecule has 1 heterocycles. The van der Waals surface area contributed by atoms with Crippen LogP contribution in [0.25, 0.3) is 0 Å². The van der Waals surface area contributed by atoms with Gasteiger partial charge in [-0.15, -0.1) is 9.58 Å². The summed E-state index contributed by atoms with van der Waals surface area (Å²) in [6.07, 6.45) is 1.34. The number of hydrogen-bond acceptors (Lipinski definition) is 5. The third kappa shape index (κ3) is 5.13. The van der Waals surface area contributed by atoms with E-state index in [0.717, 1.165) is 0 Å². The van der Waals surface area contributed by atoms with Crippen molar-refractivity contribution < 1.29 is 0 Å². The molecule has 1 aromatic carbocycles. The zero-order chi connectivity index (χ0) is 20.7. The summed E-state index contributed by atoms with van der Waals surface area (Å²) in [5.74, 6) is -0.195. The molecule has 0 saturated carbocycles. The van der Waals surface area contributed by atoms with Crippen molar-refractivity contribution in [2.24, 2.45) is 5.10 Å². The number of rotatable bonds is 3. The fraction of sp³-hybridized carbons (Fsp3) is 0.231. The van der Waals surface area contributed by atoms with Crippen LogP contribution in [0.15, 0.2) is 5.10 Å². The average Bonchev–Trinajstić information content (AvgIpc) is 2.57. The van der Waals surface area contributed by atoms with Crippen LogP contribution in [0, 0.1) is 0 Å². The lowest BCUT2D eigenvalue weighted by Gasteiger charge is -2.20. The van der Waals surface area contributed by atoms with Crippen molar-refractivity contribution in [1.82, 2.24) is 19.5 Å². The maximum absolute atomic E-state index is 6.19. The van der Waals surface area contributed by atoms with Gasteiger partial charge in [0.05, 0.1) is 31.3 Å². The Morgan fingerprint density at radius 2 is 1.33 bits per heavy atom.